The lowest BCUT2D eigenvalue weighted by molar-refractivity contribution is 0.888. The molecule has 21 heavy (non-hydrogen) atoms. The van der Waals surface area contributed by atoms with Crippen LogP contribution in [-0.4, -0.2) is 26.6 Å². The van der Waals surface area contributed by atoms with Gasteiger partial charge in [-0.2, -0.15) is 0 Å². The van der Waals surface area contributed by atoms with E-state index in [1.54, 1.807) is 6.20 Å². The van der Waals surface area contributed by atoms with Crippen LogP contribution >= 0.6 is 0 Å². The summed E-state index contributed by atoms with van der Waals surface area (Å²) in [7, 11) is 2.00. The number of benzene rings is 1. The predicted molar refractivity (Wildman–Crippen MR) is 82.0 cm³/mol. The summed E-state index contributed by atoms with van der Waals surface area (Å²) >= 11 is 0. The van der Waals surface area contributed by atoms with Gasteiger partial charge in [-0.25, -0.2) is 4.98 Å². The Morgan fingerprint density at radius 3 is 2.57 bits per heavy atom. The number of hydrogen-bond acceptors (Lipinski definition) is 5. The van der Waals surface area contributed by atoms with E-state index in [1.165, 1.54) is 5.56 Å². The van der Waals surface area contributed by atoms with E-state index in [0.717, 1.165) is 29.4 Å². The SMILES string of the molecule is Cc1nnc2c(N(C)Cc3ccc(CN)cc3)nccn12. The van der Waals surface area contributed by atoms with E-state index in [0.29, 0.717) is 6.54 Å². The van der Waals surface area contributed by atoms with Crippen molar-refractivity contribution in [3.8, 4) is 0 Å². The van der Waals surface area contributed by atoms with Crippen LogP contribution in [0.3, 0.4) is 0 Å². The van der Waals surface area contributed by atoms with Crippen LogP contribution in [0.1, 0.15) is 17.0 Å². The first-order valence-electron chi connectivity index (χ1n) is 6.84. The molecule has 2 heterocycles. The summed E-state index contributed by atoms with van der Waals surface area (Å²) in [4.78, 5) is 6.50. The van der Waals surface area contributed by atoms with Crippen molar-refractivity contribution < 1.29 is 0 Å². The minimum Gasteiger partial charge on any atom is -0.352 e. The molecule has 0 saturated carbocycles. The summed E-state index contributed by atoms with van der Waals surface area (Å²) in [5.74, 6) is 1.68. The molecule has 6 heteroatoms. The fourth-order valence-electron chi connectivity index (χ4n) is 2.33. The summed E-state index contributed by atoms with van der Waals surface area (Å²) < 4.78 is 1.94. The molecule has 2 N–H and O–H groups in total. The molecular weight excluding hydrogens is 264 g/mol. The van der Waals surface area contributed by atoms with Crippen LogP contribution < -0.4 is 10.6 Å². The summed E-state index contributed by atoms with van der Waals surface area (Å²) in [6.45, 7) is 3.24. The van der Waals surface area contributed by atoms with Crippen molar-refractivity contribution in [2.45, 2.75) is 20.0 Å². The number of aryl methyl sites for hydroxylation is 1. The molecule has 3 rings (SSSR count). The van der Waals surface area contributed by atoms with Gasteiger partial charge < -0.3 is 10.6 Å². The van der Waals surface area contributed by atoms with Gasteiger partial charge >= 0.3 is 0 Å². The van der Waals surface area contributed by atoms with Gasteiger partial charge in [-0.3, -0.25) is 4.40 Å². The lowest BCUT2D eigenvalue weighted by Crippen LogP contribution is -2.18. The monoisotopic (exact) mass is 282 g/mol. The van der Waals surface area contributed by atoms with Gasteiger partial charge in [0.1, 0.15) is 5.82 Å². The number of fused-ring (bicyclic) bond motifs is 1. The van der Waals surface area contributed by atoms with Gasteiger partial charge in [-0.05, 0) is 18.1 Å². The summed E-state index contributed by atoms with van der Waals surface area (Å²) in [6.07, 6.45) is 3.64. The molecule has 6 nitrogen and oxygen atoms in total. The molecular formula is C15H18N6. The average molecular weight is 282 g/mol. The highest BCUT2D eigenvalue weighted by atomic mass is 15.3. The molecule has 0 radical (unpaired) electrons. The Balaban J connectivity index is 1.87. The largest absolute Gasteiger partial charge is 0.352 e. The summed E-state index contributed by atoms with van der Waals surface area (Å²) in [5, 5.41) is 8.30. The molecule has 0 fully saturated rings. The average Bonchev–Trinajstić information content (AvgIpc) is 2.89. The molecule has 0 aliphatic rings. The summed E-state index contributed by atoms with van der Waals surface area (Å²) in [6, 6.07) is 8.29. The van der Waals surface area contributed by atoms with Gasteiger partial charge in [0, 0.05) is 32.5 Å². The van der Waals surface area contributed by atoms with Gasteiger partial charge in [-0.1, -0.05) is 24.3 Å². The van der Waals surface area contributed by atoms with Crippen molar-refractivity contribution in [3.63, 3.8) is 0 Å². The molecule has 108 valence electrons. The Bertz CT molecular complexity index is 746. The highest BCUT2D eigenvalue weighted by Gasteiger charge is 2.12. The van der Waals surface area contributed by atoms with Crippen molar-refractivity contribution in [3.05, 3.63) is 53.6 Å². The maximum atomic E-state index is 5.62. The zero-order chi connectivity index (χ0) is 14.8. The van der Waals surface area contributed by atoms with Crippen LogP contribution in [0.5, 0.6) is 0 Å². The highest BCUT2D eigenvalue weighted by Crippen LogP contribution is 2.18. The first kappa shape index (κ1) is 13.5. The van der Waals surface area contributed by atoms with Gasteiger partial charge in [0.2, 0.25) is 5.65 Å². The van der Waals surface area contributed by atoms with Crippen LogP contribution in [0.25, 0.3) is 5.65 Å². The molecule has 0 bridgehead atoms. The van der Waals surface area contributed by atoms with Crippen LogP contribution in [0.4, 0.5) is 5.82 Å². The number of nitrogens with two attached hydrogens (primary N) is 1. The zero-order valence-corrected chi connectivity index (χ0v) is 12.2. The first-order valence-corrected chi connectivity index (χ1v) is 6.84. The second-order valence-electron chi connectivity index (χ2n) is 5.07. The maximum Gasteiger partial charge on any atom is 0.203 e. The minimum atomic E-state index is 0.565. The van der Waals surface area contributed by atoms with Crippen molar-refractivity contribution >= 4 is 11.5 Å². The van der Waals surface area contributed by atoms with Crippen molar-refractivity contribution in [1.29, 1.82) is 0 Å². The number of aromatic nitrogens is 4. The van der Waals surface area contributed by atoms with Crippen molar-refractivity contribution in [2.75, 3.05) is 11.9 Å². The molecule has 0 aliphatic heterocycles. The quantitative estimate of drug-likeness (QED) is 0.785. The fraction of sp³-hybridized carbons (Fsp3) is 0.267. The van der Waals surface area contributed by atoms with Gasteiger partial charge in [0.15, 0.2) is 5.82 Å². The second kappa shape index (κ2) is 5.49. The molecule has 0 saturated heterocycles. The molecule has 0 amide bonds. The predicted octanol–water partition coefficient (Wildman–Crippen LogP) is 1.53. The molecule has 0 spiro atoms. The fourth-order valence-corrected chi connectivity index (χ4v) is 2.33. The van der Waals surface area contributed by atoms with Crippen LogP contribution in [0.15, 0.2) is 36.7 Å². The van der Waals surface area contributed by atoms with E-state index in [2.05, 4.69) is 44.3 Å². The number of rotatable bonds is 4. The third-order valence-electron chi connectivity index (χ3n) is 3.52. The Labute approximate surface area is 123 Å². The lowest BCUT2D eigenvalue weighted by atomic mass is 10.1. The topological polar surface area (TPSA) is 72.3 Å². The normalized spacial score (nSPS) is 11.0. The van der Waals surface area contributed by atoms with Crippen molar-refractivity contribution in [1.82, 2.24) is 19.6 Å². The van der Waals surface area contributed by atoms with Crippen molar-refractivity contribution in [2.24, 2.45) is 5.73 Å². The summed E-state index contributed by atoms with van der Waals surface area (Å²) in [5.41, 5.74) is 8.73. The molecule has 0 atom stereocenters. The van der Waals surface area contributed by atoms with E-state index < -0.39 is 0 Å². The lowest BCUT2D eigenvalue weighted by Gasteiger charge is -2.18. The van der Waals surface area contributed by atoms with Crippen LogP contribution in [0.2, 0.25) is 0 Å². The first-order chi connectivity index (χ1) is 10.2. The van der Waals surface area contributed by atoms with E-state index in [9.17, 15) is 0 Å². The van der Waals surface area contributed by atoms with Gasteiger partial charge in [-0.15, -0.1) is 10.2 Å². The molecule has 2 aromatic heterocycles. The third-order valence-corrected chi connectivity index (χ3v) is 3.52. The minimum absolute atomic E-state index is 0.565. The Hall–Kier alpha value is -2.47. The van der Waals surface area contributed by atoms with E-state index >= 15 is 0 Å². The van der Waals surface area contributed by atoms with E-state index in [1.807, 2.05) is 24.6 Å². The van der Waals surface area contributed by atoms with Gasteiger partial charge in [0.05, 0.1) is 0 Å². The van der Waals surface area contributed by atoms with E-state index in [-0.39, 0.29) is 0 Å². The second-order valence-corrected chi connectivity index (χ2v) is 5.07. The molecule has 3 aromatic rings. The zero-order valence-electron chi connectivity index (χ0n) is 12.2. The Kier molecular flexibility index (Phi) is 3.53. The number of hydrogen-bond donors (Lipinski definition) is 1. The molecule has 1 aromatic carbocycles. The third kappa shape index (κ3) is 2.57. The van der Waals surface area contributed by atoms with Gasteiger partial charge in [0.25, 0.3) is 0 Å². The van der Waals surface area contributed by atoms with E-state index in [4.69, 9.17) is 5.73 Å². The van der Waals surface area contributed by atoms with Crippen LogP contribution in [0, 0.1) is 6.92 Å². The number of nitrogens with zero attached hydrogens (tertiary/aromatic N) is 5. The molecule has 0 aliphatic carbocycles. The Morgan fingerprint density at radius 2 is 1.86 bits per heavy atom. The highest BCUT2D eigenvalue weighted by molar-refractivity contribution is 5.63. The Morgan fingerprint density at radius 1 is 1.14 bits per heavy atom. The maximum absolute atomic E-state index is 5.62. The van der Waals surface area contributed by atoms with Crippen LogP contribution in [-0.2, 0) is 13.1 Å². The smallest absolute Gasteiger partial charge is 0.203 e. The standard InChI is InChI=1S/C15H18N6/c1-11-18-19-15-14(17-7-8-21(11)15)20(2)10-13-5-3-12(9-16)4-6-13/h3-8H,9-10,16H2,1-2H3. The number of anilines is 1. The molecule has 0 unspecified atom stereocenters.